The Morgan fingerprint density at radius 3 is 2.71 bits per heavy atom. The molecule has 0 atom stereocenters. The van der Waals surface area contributed by atoms with Crippen molar-refractivity contribution in [3.63, 3.8) is 0 Å². The lowest BCUT2D eigenvalue weighted by molar-refractivity contribution is -0.117. The van der Waals surface area contributed by atoms with Gasteiger partial charge in [0, 0.05) is 22.6 Å². The minimum atomic E-state index is -0.509. The number of esters is 1. The third-order valence-electron chi connectivity index (χ3n) is 4.18. The number of carbonyl (C=O) groups is 2. The molecule has 10 nitrogen and oxygen atoms in total. The Balaban J connectivity index is 1.41. The molecule has 1 aliphatic rings. The highest BCUT2D eigenvalue weighted by Crippen LogP contribution is 2.31. The average Bonchev–Trinajstić information content (AvgIpc) is 3.49. The van der Waals surface area contributed by atoms with Crippen LogP contribution in [0.1, 0.15) is 30.3 Å². The number of halogens is 1. The summed E-state index contributed by atoms with van der Waals surface area (Å²) >= 11 is 7.32. The zero-order chi connectivity index (χ0) is 21.8. The normalized spacial score (nSPS) is 13.0. The van der Waals surface area contributed by atoms with E-state index < -0.39 is 5.97 Å². The molecule has 1 fully saturated rings. The molecule has 1 saturated carbocycles. The van der Waals surface area contributed by atoms with Gasteiger partial charge in [-0.05, 0) is 67.4 Å². The van der Waals surface area contributed by atoms with Crippen LogP contribution in [0.25, 0.3) is 0 Å². The number of aromatic amines is 1. The number of hydrogen-bond acceptors (Lipinski definition) is 9. The van der Waals surface area contributed by atoms with Gasteiger partial charge in [0.1, 0.15) is 5.69 Å². The van der Waals surface area contributed by atoms with E-state index in [9.17, 15) is 9.59 Å². The monoisotopic (exact) mass is 459 g/mol. The van der Waals surface area contributed by atoms with Gasteiger partial charge >= 0.3 is 5.97 Å². The molecule has 0 unspecified atom stereocenters. The molecule has 0 spiro atoms. The average molecular weight is 460 g/mol. The first-order valence-electron chi connectivity index (χ1n) is 9.50. The number of hydrogen-bond donors (Lipinski definition) is 3. The highest BCUT2D eigenvalue weighted by atomic mass is 35.5. The van der Waals surface area contributed by atoms with Crippen LogP contribution in [0.2, 0.25) is 5.28 Å². The van der Waals surface area contributed by atoms with Gasteiger partial charge in [0.15, 0.2) is 11.0 Å². The molecule has 2 aromatic heterocycles. The summed E-state index contributed by atoms with van der Waals surface area (Å²) < 4.78 is 4.91. The van der Waals surface area contributed by atoms with Crippen LogP contribution >= 0.6 is 23.4 Å². The fourth-order valence-electron chi connectivity index (χ4n) is 2.55. The Hall–Kier alpha value is -3.18. The lowest BCUT2D eigenvalue weighted by atomic mass is 10.3. The molecule has 1 aromatic carbocycles. The molecule has 1 amide bonds. The van der Waals surface area contributed by atoms with Gasteiger partial charge in [-0.25, -0.2) is 4.79 Å². The smallest absolute Gasteiger partial charge is 0.356 e. The molecule has 0 saturated heterocycles. The summed E-state index contributed by atoms with van der Waals surface area (Å²) in [6.07, 6.45) is 1.91. The maximum absolute atomic E-state index is 11.8. The van der Waals surface area contributed by atoms with Gasteiger partial charge in [0.25, 0.3) is 0 Å². The molecule has 2 heterocycles. The largest absolute Gasteiger partial charge is 0.461 e. The number of carbonyl (C=O) groups excluding carboxylic acids is 2. The van der Waals surface area contributed by atoms with Crippen LogP contribution in [-0.4, -0.2) is 43.6 Å². The molecular formula is C19H18ClN7O3S. The standard InChI is InChI=1S/C19H18ClN7O3S/c1-2-30-16(29)13-9-14(27-26-13)22-18-23-17(20)24-19(25-18)31-12-7-5-11(6-8-12)21-15(28)10-3-4-10/h5-10H,2-4H2,1H3,(H,21,28)(H2,22,23,24,25,26,27). The highest BCUT2D eigenvalue weighted by Gasteiger charge is 2.29. The van der Waals surface area contributed by atoms with Crippen molar-refractivity contribution in [3.8, 4) is 0 Å². The zero-order valence-electron chi connectivity index (χ0n) is 16.4. The van der Waals surface area contributed by atoms with Gasteiger partial charge in [-0.3, -0.25) is 9.89 Å². The van der Waals surface area contributed by atoms with E-state index in [4.69, 9.17) is 16.3 Å². The SMILES string of the molecule is CCOC(=O)c1cc(Nc2nc(Cl)nc(Sc3ccc(NC(=O)C4CC4)cc3)n2)n[nH]1. The lowest BCUT2D eigenvalue weighted by Crippen LogP contribution is -2.12. The van der Waals surface area contributed by atoms with Gasteiger partial charge in [-0.15, -0.1) is 0 Å². The predicted octanol–water partition coefficient (Wildman–Crippen LogP) is 3.67. The fraction of sp³-hybridized carbons (Fsp3) is 0.263. The molecule has 3 N–H and O–H groups in total. The number of H-pyrrole nitrogens is 1. The minimum absolute atomic E-state index is 0.00877. The van der Waals surface area contributed by atoms with Crippen LogP contribution in [0.5, 0.6) is 0 Å². The van der Waals surface area contributed by atoms with Crippen molar-refractivity contribution in [1.29, 1.82) is 0 Å². The summed E-state index contributed by atoms with van der Waals surface area (Å²) in [6.45, 7) is 1.98. The van der Waals surface area contributed by atoms with Crippen molar-refractivity contribution < 1.29 is 14.3 Å². The first kappa shape index (κ1) is 21.1. The number of benzene rings is 1. The van der Waals surface area contributed by atoms with Crippen molar-refractivity contribution in [2.24, 2.45) is 5.92 Å². The third kappa shape index (κ3) is 5.70. The van der Waals surface area contributed by atoms with Gasteiger partial charge < -0.3 is 15.4 Å². The summed E-state index contributed by atoms with van der Waals surface area (Å²) in [5.41, 5.74) is 0.946. The summed E-state index contributed by atoms with van der Waals surface area (Å²) in [5, 5.41) is 12.7. The van der Waals surface area contributed by atoms with E-state index in [0.29, 0.717) is 11.0 Å². The number of anilines is 3. The zero-order valence-corrected chi connectivity index (χ0v) is 18.0. The summed E-state index contributed by atoms with van der Waals surface area (Å²) in [6, 6.07) is 8.85. The first-order valence-corrected chi connectivity index (χ1v) is 10.7. The quantitative estimate of drug-likeness (QED) is 0.431. The maximum atomic E-state index is 11.8. The Labute approximate surface area is 186 Å². The molecule has 3 aromatic rings. The Morgan fingerprint density at radius 1 is 1.23 bits per heavy atom. The van der Waals surface area contributed by atoms with E-state index in [0.717, 1.165) is 23.4 Å². The second kappa shape index (κ2) is 9.31. The number of aromatic nitrogens is 5. The molecule has 1 aliphatic carbocycles. The van der Waals surface area contributed by atoms with Crippen molar-refractivity contribution in [1.82, 2.24) is 25.1 Å². The van der Waals surface area contributed by atoms with Crippen LogP contribution in [0.4, 0.5) is 17.5 Å². The van der Waals surface area contributed by atoms with E-state index in [1.807, 2.05) is 24.3 Å². The van der Waals surface area contributed by atoms with Gasteiger partial charge in [0.05, 0.1) is 6.61 Å². The maximum Gasteiger partial charge on any atom is 0.356 e. The number of ether oxygens (including phenoxy) is 1. The van der Waals surface area contributed by atoms with Crippen LogP contribution < -0.4 is 10.6 Å². The van der Waals surface area contributed by atoms with Crippen LogP contribution in [-0.2, 0) is 9.53 Å². The Morgan fingerprint density at radius 2 is 2.00 bits per heavy atom. The molecule has 31 heavy (non-hydrogen) atoms. The Bertz CT molecular complexity index is 1100. The molecule has 160 valence electrons. The lowest BCUT2D eigenvalue weighted by Gasteiger charge is -2.06. The topological polar surface area (TPSA) is 135 Å². The first-order chi connectivity index (χ1) is 15.0. The van der Waals surface area contributed by atoms with Gasteiger partial charge in [0.2, 0.25) is 17.1 Å². The van der Waals surface area contributed by atoms with Crippen molar-refractivity contribution in [2.75, 3.05) is 17.2 Å². The summed E-state index contributed by atoms with van der Waals surface area (Å²) in [7, 11) is 0. The van der Waals surface area contributed by atoms with E-state index >= 15 is 0 Å². The Kier molecular flexibility index (Phi) is 6.33. The number of nitrogens with zero attached hydrogens (tertiary/aromatic N) is 4. The fourth-order valence-corrected chi connectivity index (χ4v) is 3.51. The molecular weight excluding hydrogens is 442 g/mol. The minimum Gasteiger partial charge on any atom is -0.461 e. The predicted molar refractivity (Wildman–Crippen MR) is 115 cm³/mol. The summed E-state index contributed by atoms with van der Waals surface area (Å²) in [4.78, 5) is 36.9. The highest BCUT2D eigenvalue weighted by molar-refractivity contribution is 7.99. The molecule has 4 rings (SSSR count). The molecule has 0 bridgehead atoms. The van der Waals surface area contributed by atoms with Gasteiger partial charge in [-0.2, -0.15) is 20.1 Å². The number of nitrogens with one attached hydrogen (secondary N) is 3. The third-order valence-corrected chi connectivity index (χ3v) is 5.22. The van der Waals surface area contributed by atoms with Gasteiger partial charge in [-0.1, -0.05) is 0 Å². The van der Waals surface area contributed by atoms with E-state index in [-0.39, 0.29) is 35.4 Å². The summed E-state index contributed by atoms with van der Waals surface area (Å²) in [5.74, 6) is 0.208. The molecule has 0 aliphatic heterocycles. The van der Waals surface area contributed by atoms with Crippen LogP contribution in [0, 0.1) is 5.92 Å². The van der Waals surface area contributed by atoms with E-state index in [1.165, 1.54) is 17.8 Å². The van der Waals surface area contributed by atoms with Crippen molar-refractivity contribution in [2.45, 2.75) is 29.8 Å². The molecule has 0 radical (unpaired) electrons. The second-order valence-corrected chi connectivity index (χ2v) is 7.99. The van der Waals surface area contributed by atoms with Crippen LogP contribution in [0.3, 0.4) is 0 Å². The van der Waals surface area contributed by atoms with Crippen molar-refractivity contribution >= 4 is 52.7 Å². The second-order valence-electron chi connectivity index (χ2n) is 6.61. The molecule has 12 heteroatoms. The van der Waals surface area contributed by atoms with E-state index in [1.54, 1.807) is 6.92 Å². The number of amides is 1. The number of rotatable bonds is 8. The van der Waals surface area contributed by atoms with E-state index in [2.05, 4.69) is 35.8 Å². The van der Waals surface area contributed by atoms with Crippen LogP contribution in [0.15, 0.2) is 40.4 Å². The van der Waals surface area contributed by atoms with Crippen molar-refractivity contribution in [3.05, 3.63) is 41.3 Å².